The number of imidazole rings is 1. The van der Waals surface area contributed by atoms with Gasteiger partial charge in [0.15, 0.2) is 0 Å². The number of H-pyrrole nitrogens is 1. The number of pyridine rings is 1. The number of aromatic amines is 1. The molecule has 0 amide bonds. The quantitative estimate of drug-likeness (QED) is 0.379. The number of aromatic nitrogens is 3. The molecule has 0 radical (unpaired) electrons. The maximum absolute atomic E-state index is 13.8. The van der Waals surface area contributed by atoms with Gasteiger partial charge in [0.2, 0.25) is 0 Å². The number of rotatable bonds is 3. The van der Waals surface area contributed by atoms with Crippen molar-refractivity contribution in [3.63, 3.8) is 0 Å². The molecule has 4 aromatic rings. The summed E-state index contributed by atoms with van der Waals surface area (Å²) in [4.78, 5) is 12.3. The van der Waals surface area contributed by atoms with Crippen LogP contribution in [0.15, 0.2) is 42.6 Å². The van der Waals surface area contributed by atoms with Gasteiger partial charge in [-0.15, -0.1) is 0 Å². The Balaban J connectivity index is 1.34. The Labute approximate surface area is 178 Å². The monoisotopic (exact) mass is 425 g/mol. The van der Waals surface area contributed by atoms with E-state index in [1.165, 1.54) is 17.7 Å². The summed E-state index contributed by atoms with van der Waals surface area (Å²) in [5.41, 5.74) is 3.41. The maximum Gasteiger partial charge on any atom is 0.144 e. The lowest BCUT2D eigenvalue weighted by atomic mass is 9.73. The lowest BCUT2D eigenvalue weighted by molar-refractivity contribution is 0.286. The molecule has 30 heavy (non-hydrogen) atoms. The molecule has 6 heteroatoms. The van der Waals surface area contributed by atoms with Crippen molar-refractivity contribution < 1.29 is 8.78 Å². The second-order valence-corrected chi connectivity index (χ2v) is 8.77. The van der Waals surface area contributed by atoms with Crippen LogP contribution in [-0.2, 0) is 0 Å². The van der Waals surface area contributed by atoms with Crippen LogP contribution in [0.5, 0.6) is 0 Å². The van der Waals surface area contributed by atoms with Crippen LogP contribution in [0, 0.1) is 17.6 Å². The van der Waals surface area contributed by atoms with E-state index in [9.17, 15) is 8.78 Å². The molecule has 1 N–H and O–H groups in total. The zero-order valence-electron chi connectivity index (χ0n) is 16.6. The standard InChI is InChI=1S/C24H22ClF2N3/c1-13(24-29-22-11-19(25)20(27)12-23(22)30-24)14-2-4-15(5-3-14)17-8-9-28-21-7-6-16(26)10-18(17)21/h6-15H,2-5H2,1H3,(H,29,30)/t13-,14?,15?/m1/s1. The Hall–Kier alpha value is -2.53. The van der Waals surface area contributed by atoms with Gasteiger partial charge in [0.25, 0.3) is 0 Å². The molecule has 1 atom stereocenters. The second kappa shape index (κ2) is 7.62. The number of nitrogens with one attached hydrogen (secondary N) is 1. The zero-order valence-corrected chi connectivity index (χ0v) is 17.4. The Morgan fingerprint density at radius 1 is 1.03 bits per heavy atom. The molecule has 0 saturated heterocycles. The summed E-state index contributed by atoms with van der Waals surface area (Å²) in [5.74, 6) is 1.36. The Morgan fingerprint density at radius 2 is 1.83 bits per heavy atom. The van der Waals surface area contributed by atoms with E-state index < -0.39 is 5.82 Å². The van der Waals surface area contributed by atoms with Crippen molar-refractivity contribution in [2.45, 2.75) is 44.4 Å². The first-order valence-corrected chi connectivity index (χ1v) is 10.8. The minimum absolute atomic E-state index is 0.0923. The Kier molecular flexibility index (Phi) is 4.94. The summed E-state index contributed by atoms with van der Waals surface area (Å²) in [5, 5.41) is 1.01. The highest BCUT2D eigenvalue weighted by atomic mass is 35.5. The van der Waals surface area contributed by atoms with E-state index in [4.69, 9.17) is 11.6 Å². The van der Waals surface area contributed by atoms with Crippen molar-refractivity contribution in [3.8, 4) is 0 Å². The van der Waals surface area contributed by atoms with E-state index in [-0.39, 0.29) is 16.8 Å². The number of fused-ring (bicyclic) bond motifs is 2. The molecule has 2 heterocycles. The number of halogens is 3. The number of nitrogens with zero attached hydrogens (tertiary/aromatic N) is 2. The predicted molar refractivity (Wildman–Crippen MR) is 116 cm³/mol. The first-order chi connectivity index (χ1) is 14.5. The molecule has 2 aromatic heterocycles. The Morgan fingerprint density at radius 3 is 2.63 bits per heavy atom. The smallest absolute Gasteiger partial charge is 0.144 e. The van der Waals surface area contributed by atoms with Crippen molar-refractivity contribution >= 4 is 33.5 Å². The molecule has 1 fully saturated rings. The third-order valence-corrected chi connectivity index (χ3v) is 6.92. The van der Waals surface area contributed by atoms with Gasteiger partial charge in [0.1, 0.15) is 17.5 Å². The second-order valence-electron chi connectivity index (χ2n) is 8.37. The van der Waals surface area contributed by atoms with E-state index in [1.807, 2.05) is 12.3 Å². The normalized spacial score (nSPS) is 20.7. The topological polar surface area (TPSA) is 41.6 Å². The lowest BCUT2D eigenvalue weighted by Gasteiger charge is -2.32. The fraction of sp³-hybridized carbons (Fsp3) is 0.333. The van der Waals surface area contributed by atoms with Gasteiger partial charge in [0.05, 0.1) is 21.6 Å². The van der Waals surface area contributed by atoms with Crippen molar-refractivity contribution in [1.29, 1.82) is 0 Å². The third-order valence-electron chi connectivity index (χ3n) is 6.63. The average Bonchev–Trinajstić information content (AvgIpc) is 3.16. The van der Waals surface area contributed by atoms with Gasteiger partial charge in [-0.25, -0.2) is 13.8 Å². The van der Waals surface area contributed by atoms with Crippen molar-refractivity contribution in [2.75, 3.05) is 0 Å². The van der Waals surface area contributed by atoms with Crippen LogP contribution >= 0.6 is 11.6 Å². The van der Waals surface area contributed by atoms with Crippen molar-refractivity contribution in [3.05, 3.63) is 70.6 Å². The van der Waals surface area contributed by atoms with Crippen LogP contribution in [0.3, 0.4) is 0 Å². The molecule has 0 aliphatic heterocycles. The molecule has 0 spiro atoms. The molecular weight excluding hydrogens is 404 g/mol. The van der Waals surface area contributed by atoms with Crippen LogP contribution < -0.4 is 0 Å². The summed E-state index contributed by atoms with van der Waals surface area (Å²) in [7, 11) is 0. The van der Waals surface area contributed by atoms with Gasteiger partial charge in [0, 0.05) is 23.6 Å². The highest BCUT2D eigenvalue weighted by Crippen LogP contribution is 2.43. The molecule has 3 nitrogen and oxygen atoms in total. The summed E-state index contributed by atoms with van der Waals surface area (Å²) in [6, 6.07) is 9.83. The first kappa shape index (κ1) is 19.4. The summed E-state index contributed by atoms with van der Waals surface area (Å²) in [6.07, 6.45) is 6.05. The van der Waals surface area contributed by atoms with Crippen molar-refractivity contribution in [1.82, 2.24) is 15.0 Å². The van der Waals surface area contributed by atoms with Gasteiger partial charge < -0.3 is 4.98 Å². The van der Waals surface area contributed by atoms with Gasteiger partial charge in [-0.1, -0.05) is 18.5 Å². The van der Waals surface area contributed by atoms with Crippen LogP contribution in [0.4, 0.5) is 8.78 Å². The van der Waals surface area contributed by atoms with Gasteiger partial charge in [-0.05, 0) is 73.4 Å². The largest absolute Gasteiger partial charge is 0.342 e. The number of hydrogen-bond acceptors (Lipinski definition) is 2. The molecule has 1 saturated carbocycles. The highest BCUT2D eigenvalue weighted by Gasteiger charge is 2.29. The summed E-state index contributed by atoms with van der Waals surface area (Å²) < 4.78 is 27.6. The molecule has 1 aliphatic rings. The summed E-state index contributed by atoms with van der Waals surface area (Å²) in [6.45, 7) is 2.18. The fourth-order valence-corrected chi connectivity index (χ4v) is 5.05. The molecule has 1 aliphatic carbocycles. The van der Waals surface area contributed by atoms with E-state index in [2.05, 4.69) is 21.9 Å². The maximum atomic E-state index is 13.8. The molecule has 0 bridgehead atoms. The van der Waals surface area contributed by atoms with E-state index in [0.717, 1.165) is 42.4 Å². The molecule has 2 aromatic carbocycles. The third kappa shape index (κ3) is 3.45. The average molecular weight is 426 g/mol. The van der Waals surface area contributed by atoms with Gasteiger partial charge in [-0.2, -0.15) is 0 Å². The van der Waals surface area contributed by atoms with Crippen LogP contribution in [0.2, 0.25) is 5.02 Å². The minimum atomic E-state index is -0.437. The zero-order chi connectivity index (χ0) is 20.8. The molecule has 0 unspecified atom stereocenters. The van der Waals surface area contributed by atoms with Gasteiger partial charge in [-0.3, -0.25) is 4.98 Å². The van der Waals surface area contributed by atoms with E-state index >= 15 is 0 Å². The van der Waals surface area contributed by atoms with Crippen molar-refractivity contribution in [2.24, 2.45) is 5.92 Å². The van der Waals surface area contributed by atoms with Crippen LogP contribution in [-0.4, -0.2) is 15.0 Å². The Bertz CT molecular complexity index is 1190. The summed E-state index contributed by atoms with van der Waals surface area (Å²) >= 11 is 5.89. The number of hydrogen-bond donors (Lipinski definition) is 1. The molecular formula is C24H22ClF2N3. The predicted octanol–water partition coefficient (Wildman–Crippen LogP) is 7.12. The highest BCUT2D eigenvalue weighted by molar-refractivity contribution is 6.31. The van der Waals surface area contributed by atoms with E-state index in [1.54, 1.807) is 18.2 Å². The molecule has 5 rings (SSSR count). The van der Waals surface area contributed by atoms with E-state index in [0.29, 0.717) is 22.9 Å². The molecule has 154 valence electrons. The minimum Gasteiger partial charge on any atom is -0.342 e. The van der Waals surface area contributed by atoms with Crippen LogP contribution in [0.1, 0.15) is 55.8 Å². The van der Waals surface area contributed by atoms with Gasteiger partial charge >= 0.3 is 0 Å². The fourth-order valence-electron chi connectivity index (χ4n) is 4.89. The number of benzene rings is 2. The SMILES string of the molecule is C[C@@H](c1nc2cc(Cl)c(F)cc2[nH]1)C1CCC(c2ccnc3ccc(F)cc23)CC1. The van der Waals surface area contributed by atoms with Crippen LogP contribution in [0.25, 0.3) is 21.9 Å². The first-order valence-electron chi connectivity index (χ1n) is 10.4. The lowest BCUT2D eigenvalue weighted by Crippen LogP contribution is -2.19.